The fraction of sp³-hybridized carbons (Fsp3) is 0.250. The number of likely N-dealkylation sites (tertiary alicyclic amines) is 1. The molecule has 2 aromatic carbocycles. The van der Waals surface area contributed by atoms with E-state index in [0.29, 0.717) is 5.56 Å². The molecule has 2 aromatic rings. The number of ether oxygens (including phenoxy) is 1. The van der Waals surface area contributed by atoms with Crippen molar-refractivity contribution in [3.8, 4) is 0 Å². The van der Waals surface area contributed by atoms with Crippen LogP contribution >= 0.6 is 0 Å². The Hall–Kier alpha value is -2.95. The van der Waals surface area contributed by atoms with Crippen molar-refractivity contribution in [2.75, 3.05) is 13.1 Å². The summed E-state index contributed by atoms with van der Waals surface area (Å²) in [6, 6.07) is 18.2. The first-order valence-electron chi connectivity index (χ1n) is 8.24. The van der Waals surface area contributed by atoms with Crippen LogP contribution in [0.3, 0.4) is 0 Å². The van der Waals surface area contributed by atoms with Crippen LogP contribution in [0.1, 0.15) is 22.3 Å². The molecule has 2 aliphatic rings. The predicted molar refractivity (Wildman–Crippen MR) is 89.7 cm³/mol. The number of carbonyl (C=O) groups excluding carboxylic acids is 3. The van der Waals surface area contributed by atoms with Gasteiger partial charge >= 0.3 is 5.97 Å². The summed E-state index contributed by atoms with van der Waals surface area (Å²) < 4.78 is 5.63. The molecule has 0 aromatic heterocycles. The van der Waals surface area contributed by atoms with Crippen LogP contribution in [0.4, 0.5) is 0 Å². The van der Waals surface area contributed by atoms with Crippen molar-refractivity contribution in [3.05, 3.63) is 71.8 Å². The number of benzene rings is 2. The number of hydrogen-bond acceptors (Lipinski definition) is 4. The highest BCUT2D eigenvalue weighted by Crippen LogP contribution is 2.47. The smallest absolute Gasteiger partial charge is 0.307 e. The van der Waals surface area contributed by atoms with Crippen LogP contribution in [0.2, 0.25) is 0 Å². The minimum Gasteiger partial charge on any atom is -0.451 e. The maximum absolute atomic E-state index is 12.8. The maximum Gasteiger partial charge on any atom is 0.307 e. The summed E-state index contributed by atoms with van der Waals surface area (Å²) in [6.07, 6.45) is 0.0593. The Bertz CT molecular complexity index is 833. The highest BCUT2D eigenvalue weighted by Gasteiger charge is 2.61. The van der Waals surface area contributed by atoms with Crippen molar-refractivity contribution in [1.29, 1.82) is 0 Å². The molecule has 0 unspecified atom stereocenters. The van der Waals surface area contributed by atoms with Crippen LogP contribution in [-0.2, 0) is 19.9 Å². The quantitative estimate of drug-likeness (QED) is 0.634. The molecule has 0 spiro atoms. The first-order valence-corrected chi connectivity index (χ1v) is 8.24. The van der Waals surface area contributed by atoms with Crippen molar-refractivity contribution in [1.82, 2.24) is 4.90 Å². The Balaban J connectivity index is 1.62. The molecule has 25 heavy (non-hydrogen) atoms. The SMILES string of the molecule is O=C1C[C@H]2C(=O)N(CC(=O)c3ccccc3)C[C@@]2(c2ccccc2)O1. The number of rotatable bonds is 4. The molecule has 2 aliphatic heterocycles. The normalized spacial score (nSPS) is 25.0. The Kier molecular flexibility index (Phi) is 3.64. The van der Waals surface area contributed by atoms with Crippen LogP contribution in [0.5, 0.6) is 0 Å². The number of ketones is 1. The van der Waals surface area contributed by atoms with Gasteiger partial charge < -0.3 is 9.64 Å². The highest BCUT2D eigenvalue weighted by atomic mass is 16.6. The van der Waals surface area contributed by atoms with Gasteiger partial charge in [0.15, 0.2) is 11.4 Å². The molecule has 2 fully saturated rings. The van der Waals surface area contributed by atoms with E-state index >= 15 is 0 Å². The van der Waals surface area contributed by atoms with Crippen LogP contribution in [0.15, 0.2) is 60.7 Å². The molecule has 0 radical (unpaired) electrons. The van der Waals surface area contributed by atoms with Gasteiger partial charge in [0.25, 0.3) is 0 Å². The second-order valence-corrected chi connectivity index (χ2v) is 6.47. The van der Waals surface area contributed by atoms with Gasteiger partial charge in [-0.05, 0) is 5.56 Å². The maximum atomic E-state index is 12.8. The summed E-state index contributed by atoms with van der Waals surface area (Å²) in [4.78, 5) is 38.7. The Morgan fingerprint density at radius 2 is 1.68 bits per heavy atom. The molecule has 2 saturated heterocycles. The van der Waals surface area contributed by atoms with Crippen molar-refractivity contribution >= 4 is 17.7 Å². The van der Waals surface area contributed by atoms with Gasteiger partial charge in [0.2, 0.25) is 5.91 Å². The van der Waals surface area contributed by atoms with E-state index in [9.17, 15) is 14.4 Å². The lowest BCUT2D eigenvalue weighted by Gasteiger charge is -2.27. The monoisotopic (exact) mass is 335 g/mol. The van der Waals surface area contributed by atoms with E-state index in [-0.39, 0.29) is 37.2 Å². The van der Waals surface area contributed by atoms with Crippen molar-refractivity contribution in [3.63, 3.8) is 0 Å². The molecule has 2 heterocycles. The number of nitrogens with zero attached hydrogens (tertiary/aromatic N) is 1. The molecule has 0 aliphatic carbocycles. The second-order valence-electron chi connectivity index (χ2n) is 6.47. The van der Waals surface area contributed by atoms with Gasteiger partial charge in [0.1, 0.15) is 0 Å². The summed E-state index contributed by atoms with van der Waals surface area (Å²) in [5.74, 6) is -1.25. The van der Waals surface area contributed by atoms with E-state index in [0.717, 1.165) is 5.56 Å². The molecule has 2 atom stereocenters. The zero-order valence-corrected chi connectivity index (χ0v) is 13.6. The largest absolute Gasteiger partial charge is 0.451 e. The van der Waals surface area contributed by atoms with Gasteiger partial charge in [-0.1, -0.05) is 60.7 Å². The molecule has 4 rings (SSSR count). The summed E-state index contributed by atoms with van der Waals surface area (Å²) in [6.45, 7) is 0.205. The Labute approximate surface area is 145 Å². The van der Waals surface area contributed by atoms with Gasteiger partial charge in [-0.15, -0.1) is 0 Å². The minimum absolute atomic E-state index is 0.00845. The summed E-state index contributed by atoms with van der Waals surface area (Å²) in [5, 5.41) is 0. The standard InChI is InChI=1S/C20H17NO4/c22-17(14-7-3-1-4-8-14)12-21-13-20(15-9-5-2-6-10-15)16(19(21)24)11-18(23)25-20/h1-10,16H,11-13H2/t16-,20-/m0/s1. The van der Waals surface area contributed by atoms with Gasteiger partial charge in [-0.2, -0.15) is 0 Å². The lowest BCUT2D eigenvalue weighted by Crippen LogP contribution is -2.36. The topological polar surface area (TPSA) is 63.7 Å². The van der Waals surface area contributed by atoms with Crippen molar-refractivity contribution in [2.24, 2.45) is 5.92 Å². The van der Waals surface area contributed by atoms with Gasteiger partial charge in [-0.3, -0.25) is 14.4 Å². The van der Waals surface area contributed by atoms with E-state index in [4.69, 9.17) is 4.74 Å². The fourth-order valence-corrected chi connectivity index (χ4v) is 3.75. The lowest BCUT2D eigenvalue weighted by atomic mass is 9.84. The molecular weight excluding hydrogens is 318 g/mol. The molecule has 1 amide bonds. The third-order valence-electron chi connectivity index (χ3n) is 4.96. The van der Waals surface area contributed by atoms with E-state index in [1.165, 1.54) is 4.90 Å². The van der Waals surface area contributed by atoms with Gasteiger partial charge in [0, 0.05) is 5.56 Å². The van der Waals surface area contributed by atoms with E-state index < -0.39 is 11.5 Å². The molecule has 0 N–H and O–H groups in total. The number of fused-ring (bicyclic) bond motifs is 1. The number of Topliss-reactive ketones (excluding diaryl/α,β-unsaturated/α-hetero) is 1. The van der Waals surface area contributed by atoms with E-state index in [2.05, 4.69) is 0 Å². The molecule has 5 nitrogen and oxygen atoms in total. The van der Waals surface area contributed by atoms with Gasteiger partial charge in [0.05, 0.1) is 25.4 Å². The summed E-state index contributed by atoms with van der Waals surface area (Å²) in [5.41, 5.74) is 0.388. The van der Waals surface area contributed by atoms with Crippen molar-refractivity contribution in [2.45, 2.75) is 12.0 Å². The minimum atomic E-state index is -0.980. The average molecular weight is 335 g/mol. The first-order chi connectivity index (χ1) is 12.1. The fourth-order valence-electron chi connectivity index (χ4n) is 3.75. The van der Waals surface area contributed by atoms with Crippen LogP contribution in [-0.4, -0.2) is 35.6 Å². The number of hydrogen-bond donors (Lipinski definition) is 0. The number of carbonyl (C=O) groups is 3. The second kappa shape index (κ2) is 5.84. The summed E-state index contributed by atoms with van der Waals surface area (Å²) >= 11 is 0. The number of amides is 1. The lowest BCUT2D eigenvalue weighted by molar-refractivity contribution is -0.149. The molecule has 0 bridgehead atoms. The average Bonchev–Trinajstić information content (AvgIpc) is 3.10. The molecule has 0 saturated carbocycles. The molecule has 5 heteroatoms. The van der Waals surface area contributed by atoms with Crippen LogP contribution < -0.4 is 0 Å². The highest BCUT2D eigenvalue weighted by molar-refractivity contribution is 6.00. The van der Waals surface area contributed by atoms with E-state index in [1.807, 2.05) is 36.4 Å². The first kappa shape index (κ1) is 15.6. The van der Waals surface area contributed by atoms with E-state index in [1.54, 1.807) is 24.3 Å². The Morgan fingerprint density at radius 1 is 1.04 bits per heavy atom. The molecular formula is C20H17NO4. The van der Waals surface area contributed by atoms with Crippen LogP contribution in [0.25, 0.3) is 0 Å². The number of esters is 1. The Morgan fingerprint density at radius 3 is 2.36 bits per heavy atom. The zero-order valence-electron chi connectivity index (χ0n) is 13.6. The third-order valence-corrected chi connectivity index (χ3v) is 4.96. The summed E-state index contributed by atoms with van der Waals surface area (Å²) in [7, 11) is 0. The predicted octanol–water partition coefficient (Wildman–Crippen LogP) is 2.17. The van der Waals surface area contributed by atoms with Crippen molar-refractivity contribution < 1.29 is 19.1 Å². The third kappa shape index (κ3) is 2.52. The zero-order chi connectivity index (χ0) is 17.4. The van der Waals surface area contributed by atoms with Crippen LogP contribution in [0, 0.1) is 5.92 Å². The molecule has 126 valence electrons. The van der Waals surface area contributed by atoms with Gasteiger partial charge in [-0.25, -0.2) is 0 Å².